The number of halogens is 2. The molecule has 2 rings (SSSR count). The average molecular weight is 334 g/mol. The Morgan fingerprint density at radius 1 is 1.17 bits per heavy atom. The molecule has 0 aromatic heterocycles. The van der Waals surface area contributed by atoms with Crippen molar-refractivity contribution in [2.75, 3.05) is 13.7 Å². The summed E-state index contributed by atoms with van der Waals surface area (Å²) in [6, 6.07) is 7.56. The number of benzene rings is 2. The minimum absolute atomic E-state index is 0.148. The monoisotopic (exact) mass is 334 g/mol. The molecule has 0 aliphatic rings. The molecule has 0 radical (unpaired) electrons. The molecule has 0 atom stereocenters. The maximum absolute atomic E-state index is 13.7. The lowest BCUT2D eigenvalue weighted by atomic mass is 10.1. The van der Waals surface area contributed by atoms with Crippen LogP contribution in [0.3, 0.4) is 0 Å². The van der Waals surface area contributed by atoms with E-state index in [0.717, 1.165) is 12.1 Å². The molecule has 0 unspecified atom stereocenters. The van der Waals surface area contributed by atoms with Gasteiger partial charge in [-0.05, 0) is 42.8 Å². The molecule has 24 heavy (non-hydrogen) atoms. The van der Waals surface area contributed by atoms with Crippen molar-refractivity contribution in [2.24, 2.45) is 0 Å². The van der Waals surface area contributed by atoms with Gasteiger partial charge in [-0.1, -0.05) is 6.07 Å². The highest BCUT2D eigenvalue weighted by molar-refractivity contribution is 5.94. The highest BCUT2D eigenvalue weighted by atomic mass is 19.1. The summed E-state index contributed by atoms with van der Waals surface area (Å²) in [5, 5.41) is 0. The van der Waals surface area contributed by atoms with E-state index in [2.05, 4.69) is 0 Å². The Bertz CT molecular complexity index is 757. The fourth-order valence-corrected chi connectivity index (χ4v) is 1.93. The quantitative estimate of drug-likeness (QED) is 0.574. The highest BCUT2D eigenvalue weighted by Gasteiger charge is 2.13. The van der Waals surface area contributed by atoms with Crippen LogP contribution >= 0.6 is 0 Å². The van der Waals surface area contributed by atoms with E-state index >= 15 is 0 Å². The van der Waals surface area contributed by atoms with Crippen LogP contribution in [0.4, 0.5) is 8.78 Å². The fraction of sp³-hybridized carbons (Fsp3) is 0.167. The maximum Gasteiger partial charge on any atom is 0.338 e. The Hall–Kier alpha value is -2.89. The first-order valence-corrected chi connectivity index (χ1v) is 7.18. The lowest BCUT2D eigenvalue weighted by Gasteiger charge is -2.10. The van der Waals surface area contributed by atoms with Gasteiger partial charge in [0.25, 0.3) is 0 Å². The summed E-state index contributed by atoms with van der Waals surface area (Å²) in [7, 11) is 1.26. The van der Waals surface area contributed by atoms with Gasteiger partial charge in [0.05, 0.1) is 25.5 Å². The number of hydrogen-bond acceptors (Lipinski definition) is 4. The number of esters is 1. The summed E-state index contributed by atoms with van der Waals surface area (Å²) >= 11 is 0. The molecule has 0 fully saturated rings. The first-order chi connectivity index (χ1) is 11.5. The molecule has 0 aliphatic heterocycles. The molecule has 0 saturated carbocycles. The number of methoxy groups -OCH3 is 1. The third-order valence-corrected chi connectivity index (χ3v) is 3.06. The van der Waals surface area contributed by atoms with Gasteiger partial charge in [0.15, 0.2) is 11.6 Å². The second kappa shape index (κ2) is 8.10. The van der Waals surface area contributed by atoms with Crippen LogP contribution in [0.25, 0.3) is 6.08 Å². The molecular weight excluding hydrogens is 318 g/mol. The van der Waals surface area contributed by atoms with Gasteiger partial charge < -0.3 is 14.2 Å². The van der Waals surface area contributed by atoms with E-state index in [9.17, 15) is 13.6 Å². The van der Waals surface area contributed by atoms with Crippen molar-refractivity contribution >= 4 is 12.0 Å². The van der Waals surface area contributed by atoms with Crippen LogP contribution in [0, 0.1) is 11.6 Å². The summed E-state index contributed by atoms with van der Waals surface area (Å²) in [5.41, 5.74) is 0.788. The summed E-state index contributed by atoms with van der Waals surface area (Å²) in [5.74, 6) is -2.04. The van der Waals surface area contributed by atoms with Crippen LogP contribution in [0.2, 0.25) is 0 Å². The maximum atomic E-state index is 13.7. The van der Waals surface area contributed by atoms with E-state index < -0.39 is 17.6 Å². The van der Waals surface area contributed by atoms with Crippen LogP contribution in [0.1, 0.15) is 22.8 Å². The fourth-order valence-electron chi connectivity index (χ4n) is 1.93. The number of carbonyl (C=O) groups excluding carboxylic acids is 1. The zero-order valence-electron chi connectivity index (χ0n) is 13.2. The molecular formula is C18H16F2O4. The minimum Gasteiger partial charge on any atom is -0.501 e. The van der Waals surface area contributed by atoms with E-state index in [1.54, 1.807) is 18.2 Å². The normalized spacial score (nSPS) is 10.7. The third-order valence-electron chi connectivity index (χ3n) is 3.06. The van der Waals surface area contributed by atoms with Gasteiger partial charge >= 0.3 is 5.97 Å². The Kier molecular flexibility index (Phi) is 5.89. The number of hydrogen-bond donors (Lipinski definition) is 0. The lowest BCUT2D eigenvalue weighted by Crippen LogP contribution is -2.04. The first-order valence-electron chi connectivity index (χ1n) is 7.18. The molecule has 126 valence electrons. The molecule has 0 N–H and O–H groups in total. The van der Waals surface area contributed by atoms with Gasteiger partial charge in [-0.25, -0.2) is 13.6 Å². The zero-order chi connectivity index (χ0) is 17.5. The van der Waals surface area contributed by atoms with Crippen LogP contribution < -0.4 is 4.74 Å². The molecule has 4 nitrogen and oxygen atoms in total. The minimum atomic E-state index is -0.838. The number of carbonyl (C=O) groups is 1. The molecule has 0 spiro atoms. The predicted octanol–water partition coefficient (Wildman–Crippen LogP) is 4.55. The number of rotatable bonds is 6. The van der Waals surface area contributed by atoms with Crippen molar-refractivity contribution in [1.82, 2.24) is 0 Å². The molecule has 0 heterocycles. The lowest BCUT2D eigenvalue weighted by molar-refractivity contribution is 0.0600. The Morgan fingerprint density at radius 2 is 1.96 bits per heavy atom. The molecule has 0 amide bonds. The number of ether oxygens (including phenoxy) is 3. The third kappa shape index (κ3) is 4.32. The summed E-state index contributed by atoms with van der Waals surface area (Å²) < 4.78 is 41.8. The van der Waals surface area contributed by atoms with Gasteiger partial charge in [-0.2, -0.15) is 0 Å². The van der Waals surface area contributed by atoms with Crippen molar-refractivity contribution in [3.63, 3.8) is 0 Å². The van der Waals surface area contributed by atoms with E-state index in [0.29, 0.717) is 12.2 Å². The first kappa shape index (κ1) is 17.5. The van der Waals surface area contributed by atoms with Gasteiger partial charge in [-0.15, -0.1) is 0 Å². The van der Waals surface area contributed by atoms with Crippen molar-refractivity contribution in [3.05, 3.63) is 65.4 Å². The van der Waals surface area contributed by atoms with Crippen molar-refractivity contribution in [3.8, 4) is 11.5 Å². The summed E-state index contributed by atoms with van der Waals surface area (Å²) in [6.45, 7) is 2.33. The van der Waals surface area contributed by atoms with E-state index in [1.165, 1.54) is 25.5 Å². The van der Waals surface area contributed by atoms with E-state index in [1.807, 2.05) is 6.92 Å². The zero-order valence-corrected chi connectivity index (χ0v) is 13.2. The Morgan fingerprint density at radius 3 is 2.62 bits per heavy atom. The standard InChI is InChI=1S/C18H16F2O4/c1-3-23-9-8-12-4-6-14(11-15(12)18(21)22-2)24-17-7-5-13(19)10-16(17)20/h4-11H,3H2,1-2H3/b9-8+. The van der Waals surface area contributed by atoms with E-state index in [4.69, 9.17) is 14.2 Å². The molecule has 6 heteroatoms. The van der Waals surface area contributed by atoms with Crippen molar-refractivity contribution < 1.29 is 27.8 Å². The average Bonchev–Trinajstić information content (AvgIpc) is 2.58. The van der Waals surface area contributed by atoms with Gasteiger partial charge in [0, 0.05) is 6.07 Å². The largest absolute Gasteiger partial charge is 0.501 e. The van der Waals surface area contributed by atoms with Gasteiger partial charge in [0.2, 0.25) is 0 Å². The van der Waals surface area contributed by atoms with Gasteiger partial charge in [0.1, 0.15) is 11.6 Å². The second-order valence-electron chi connectivity index (χ2n) is 4.68. The topological polar surface area (TPSA) is 44.8 Å². The smallest absolute Gasteiger partial charge is 0.338 e. The summed E-state index contributed by atoms with van der Waals surface area (Å²) in [4.78, 5) is 11.9. The highest BCUT2D eigenvalue weighted by Crippen LogP contribution is 2.27. The second-order valence-corrected chi connectivity index (χ2v) is 4.68. The molecule has 2 aromatic rings. The van der Waals surface area contributed by atoms with Crippen LogP contribution in [0.15, 0.2) is 42.7 Å². The molecule has 0 aliphatic carbocycles. The van der Waals surface area contributed by atoms with Crippen LogP contribution in [0.5, 0.6) is 11.5 Å². The Labute approximate surface area is 138 Å². The predicted molar refractivity (Wildman–Crippen MR) is 84.9 cm³/mol. The molecule has 2 aromatic carbocycles. The molecule has 0 bridgehead atoms. The van der Waals surface area contributed by atoms with Crippen molar-refractivity contribution in [2.45, 2.75) is 6.92 Å². The van der Waals surface area contributed by atoms with E-state index in [-0.39, 0.29) is 17.1 Å². The van der Waals surface area contributed by atoms with Crippen molar-refractivity contribution in [1.29, 1.82) is 0 Å². The molecule has 0 saturated heterocycles. The van der Waals surface area contributed by atoms with Crippen LogP contribution in [-0.4, -0.2) is 19.7 Å². The SMILES string of the molecule is CCO/C=C/c1ccc(Oc2ccc(F)cc2F)cc1C(=O)OC. The summed E-state index contributed by atoms with van der Waals surface area (Å²) in [6.07, 6.45) is 3.07. The Balaban J connectivity index is 2.33. The van der Waals surface area contributed by atoms with Crippen LogP contribution in [-0.2, 0) is 9.47 Å². The van der Waals surface area contributed by atoms with Gasteiger partial charge in [-0.3, -0.25) is 0 Å².